The summed E-state index contributed by atoms with van der Waals surface area (Å²) in [5.74, 6) is -1.00. The number of nitrogens with zero attached hydrogens (tertiary/aromatic N) is 1. The van der Waals surface area contributed by atoms with Gasteiger partial charge in [0.25, 0.3) is 0 Å². The van der Waals surface area contributed by atoms with Crippen LogP contribution in [0.1, 0.15) is 144 Å². The fourth-order valence-corrected chi connectivity index (χ4v) is 12.8. The lowest BCUT2D eigenvalue weighted by Gasteiger charge is -2.53. The average molecular weight is 978 g/mol. The number of halogens is 5. The van der Waals surface area contributed by atoms with E-state index in [0.29, 0.717) is 48.2 Å². The third kappa shape index (κ3) is 14.5. The molecule has 2 fully saturated rings. The van der Waals surface area contributed by atoms with Crippen molar-refractivity contribution in [3.8, 4) is 11.5 Å². The summed E-state index contributed by atoms with van der Waals surface area (Å²) in [6, 6.07) is 35.7. The van der Waals surface area contributed by atoms with Crippen LogP contribution in [0.4, 0.5) is 22.0 Å². The molecule has 0 spiro atoms. The van der Waals surface area contributed by atoms with Gasteiger partial charge in [-0.2, -0.15) is 22.0 Å². The number of aliphatic hydroxyl groups is 1. The zero-order valence-corrected chi connectivity index (χ0v) is 42.1. The van der Waals surface area contributed by atoms with E-state index < -0.39 is 35.7 Å². The Labute approximate surface area is 411 Å². The second-order valence-electron chi connectivity index (χ2n) is 20.3. The van der Waals surface area contributed by atoms with E-state index in [0.717, 1.165) is 95.8 Å². The van der Waals surface area contributed by atoms with Crippen LogP contribution in [0.5, 0.6) is 11.5 Å². The highest BCUT2D eigenvalue weighted by molar-refractivity contribution is 7.84. The molecule has 0 amide bonds. The first kappa shape index (κ1) is 54.3. The van der Waals surface area contributed by atoms with Gasteiger partial charge in [-0.15, -0.1) is 0 Å². The molecule has 7 rings (SSSR count). The van der Waals surface area contributed by atoms with Gasteiger partial charge in [0, 0.05) is 35.3 Å². The Hall–Kier alpha value is -4.06. The number of fused-ring (bicyclic) bond motifs is 5. The molecule has 0 aliphatic heterocycles. The molecule has 0 radical (unpaired) electrons. The molecule has 2 saturated carbocycles. The third-order valence-corrected chi connectivity index (χ3v) is 16.8. The third-order valence-electron chi connectivity index (χ3n) is 15.3. The molecule has 1 unspecified atom stereocenters. The minimum atomic E-state index is -5.54. The first-order valence-corrected chi connectivity index (χ1v) is 27.0. The van der Waals surface area contributed by atoms with Crippen LogP contribution in [0.2, 0.25) is 0 Å². The van der Waals surface area contributed by atoms with Crippen molar-refractivity contribution < 1.29 is 41.1 Å². The van der Waals surface area contributed by atoms with Crippen LogP contribution in [-0.4, -0.2) is 76.3 Å². The fourth-order valence-electron chi connectivity index (χ4n) is 11.6. The molecule has 0 saturated heterocycles. The van der Waals surface area contributed by atoms with Gasteiger partial charge in [0.15, 0.2) is 0 Å². The zero-order chi connectivity index (χ0) is 49.6. The van der Waals surface area contributed by atoms with Gasteiger partial charge in [-0.1, -0.05) is 131 Å². The number of unbranched alkanes of at least 4 members (excludes halogenated alkanes) is 6. The maximum absolute atomic E-state index is 13.0. The van der Waals surface area contributed by atoms with Crippen LogP contribution in [0.3, 0.4) is 0 Å². The summed E-state index contributed by atoms with van der Waals surface area (Å²) in [5, 5.41) is 21.0. The summed E-state index contributed by atoms with van der Waals surface area (Å²) in [5.41, 5.74) is 9.09. The number of ether oxygens (including phenoxy) is 1. The van der Waals surface area contributed by atoms with E-state index in [1.807, 2.05) is 12.1 Å². The van der Waals surface area contributed by atoms with Crippen molar-refractivity contribution in [3.05, 3.63) is 131 Å². The Kier molecular flexibility index (Phi) is 19.9. The number of aromatic hydroxyl groups is 1. The van der Waals surface area contributed by atoms with E-state index in [-0.39, 0.29) is 17.3 Å². The van der Waals surface area contributed by atoms with Gasteiger partial charge in [0.1, 0.15) is 18.1 Å². The van der Waals surface area contributed by atoms with E-state index in [9.17, 15) is 36.4 Å². The molecule has 2 N–H and O–H groups in total. The molecular formula is C58H76F5NO4S. The van der Waals surface area contributed by atoms with Gasteiger partial charge in [-0.05, 0) is 164 Å². The van der Waals surface area contributed by atoms with Crippen molar-refractivity contribution >= 4 is 21.9 Å². The van der Waals surface area contributed by atoms with E-state index in [2.05, 4.69) is 124 Å². The van der Waals surface area contributed by atoms with Crippen molar-refractivity contribution in [1.82, 2.24) is 4.90 Å². The van der Waals surface area contributed by atoms with Crippen molar-refractivity contribution in [1.29, 1.82) is 0 Å². The van der Waals surface area contributed by atoms with Gasteiger partial charge in [-0.25, -0.2) is 0 Å². The largest absolute Gasteiger partial charge is 0.508 e. The van der Waals surface area contributed by atoms with Crippen molar-refractivity contribution in [3.63, 3.8) is 0 Å². The van der Waals surface area contributed by atoms with Crippen LogP contribution >= 0.6 is 0 Å². The smallest absolute Gasteiger partial charge is 0.453 e. The molecule has 5 nitrogen and oxygen atoms in total. The van der Waals surface area contributed by atoms with E-state index >= 15 is 0 Å². The number of phenols is 1. The van der Waals surface area contributed by atoms with E-state index in [1.54, 1.807) is 0 Å². The molecule has 11 heteroatoms. The lowest BCUT2D eigenvalue weighted by molar-refractivity contribution is -0.284. The zero-order valence-electron chi connectivity index (χ0n) is 41.3. The normalized spacial score (nSPS) is 23.0. The van der Waals surface area contributed by atoms with Crippen LogP contribution < -0.4 is 4.74 Å². The lowest BCUT2D eigenvalue weighted by Crippen LogP contribution is -2.47. The SMILES string of the molecule is CC/C(=C(\c1ccccc1)c1ccc(OCCN(C)C)cc1)c1ccccc1.C[C@]12CC[C@@H]3c4ccc(O)cc4C[C@@H](CCCCCCCCCS(=O)CCCC(F)(F)C(F)(F)F)[C@H]3[C@@H]1CC[C@@H]2O. The van der Waals surface area contributed by atoms with Crippen molar-refractivity contribution in [2.45, 2.75) is 141 Å². The molecular weight excluding hydrogens is 902 g/mol. The summed E-state index contributed by atoms with van der Waals surface area (Å²) in [4.78, 5) is 2.12. The van der Waals surface area contributed by atoms with Gasteiger partial charge in [0.2, 0.25) is 0 Å². The van der Waals surface area contributed by atoms with Gasteiger partial charge < -0.3 is 19.8 Å². The molecule has 3 aliphatic rings. The maximum Gasteiger partial charge on any atom is 0.453 e. The number of rotatable bonds is 22. The number of allylic oxidation sites excluding steroid dienone is 1. The highest BCUT2D eigenvalue weighted by Crippen LogP contribution is 2.63. The minimum absolute atomic E-state index is 0.0195. The fraction of sp³-hybridized carbons (Fsp3) is 0.552. The second-order valence-corrected chi connectivity index (χ2v) is 22.0. The van der Waals surface area contributed by atoms with Crippen LogP contribution in [0, 0.1) is 23.2 Å². The van der Waals surface area contributed by atoms with Gasteiger partial charge in [-0.3, -0.25) is 4.21 Å². The topological polar surface area (TPSA) is 70.0 Å². The van der Waals surface area contributed by atoms with Gasteiger partial charge in [0.05, 0.1) is 6.10 Å². The highest BCUT2D eigenvalue weighted by atomic mass is 32.2. The molecule has 0 aromatic heterocycles. The monoisotopic (exact) mass is 978 g/mol. The lowest BCUT2D eigenvalue weighted by atomic mass is 9.52. The van der Waals surface area contributed by atoms with Crippen LogP contribution in [-0.2, 0) is 17.2 Å². The predicted octanol–water partition coefficient (Wildman–Crippen LogP) is 14.7. The quantitative estimate of drug-likeness (QED) is 0.0466. The number of benzene rings is 4. The number of phenolic OH excluding ortho intramolecular Hbond substituents is 1. The molecule has 3 aliphatic carbocycles. The first-order valence-electron chi connectivity index (χ1n) is 25.5. The first-order chi connectivity index (χ1) is 33.0. The Balaban J connectivity index is 0.000000243. The van der Waals surface area contributed by atoms with Crippen LogP contribution in [0.25, 0.3) is 11.1 Å². The van der Waals surface area contributed by atoms with Gasteiger partial charge >= 0.3 is 12.1 Å². The van der Waals surface area contributed by atoms with E-state index in [4.69, 9.17) is 4.74 Å². The van der Waals surface area contributed by atoms with Crippen molar-refractivity contribution in [2.24, 2.45) is 23.2 Å². The summed E-state index contributed by atoms with van der Waals surface area (Å²) >= 11 is 0. The summed E-state index contributed by atoms with van der Waals surface area (Å²) < 4.78 is 80.4. The molecule has 69 heavy (non-hydrogen) atoms. The summed E-state index contributed by atoms with van der Waals surface area (Å²) in [6.07, 6.45) is 6.94. The molecule has 4 aromatic carbocycles. The molecule has 0 bridgehead atoms. The minimum Gasteiger partial charge on any atom is -0.508 e. The van der Waals surface area contributed by atoms with Crippen molar-refractivity contribution in [2.75, 3.05) is 38.8 Å². The standard InChI is InChI=1S/C32H47F5O3S.C26H29NO/c1-30-17-15-26-25-12-11-24(38)21-23(25)20-22(29(26)27(30)13-14-28(30)39)10-7-5-3-2-4-6-8-18-41(40)19-9-16-31(33,34)32(35,36)37;1-4-25(21-11-7-5-8-12-21)26(22-13-9-6-10-14-22)23-15-17-24(18-16-23)28-20-19-27(2)3/h11-12,21-22,26-29,38-39H,2-10,13-20H2,1H3;5-18H,4,19-20H2,1-3H3/b;26-25-/t22-,26-,27+,28+,29-,30+,41?;/m1./s1. The molecule has 4 aromatic rings. The number of hydrogen-bond donors (Lipinski definition) is 2. The maximum atomic E-state index is 13.0. The molecule has 7 atom stereocenters. The highest BCUT2D eigenvalue weighted by Gasteiger charge is 2.57. The molecule has 378 valence electrons. The second kappa shape index (κ2) is 25.4. The number of aliphatic hydroxyl groups excluding tert-OH is 1. The summed E-state index contributed by atoms with van der Waals surface area (Å²) in [7, 11) is 2.75. The number of alkyl halides is 5. The molecule has 0 heterocycles. The number of likely N-dealkylation sites (N-methyl/N-ethyl adjacent to an activating group) is 1. The van der Waals surface area contributed by atoms with Crippen LogP contribution in [0.15, 0.2) is 103 Å². The predicted molar refractivity (Wildman–Crippen MR) is 272 cm³/mol. The average Bonchev–Trinajstić information content (AvgIpc) is 3.63. The Bertz CT molecular complexity index is 2230. The summed E-state index contributed by atoms with van der Waals surface area (Å²) in [6.45, 7) is 6.13. The Morgan fingerprint density at radius 3 is 2.01 bits per heavy atom. The Morgan fingerprint density at radius 1 is 0.768 bits per heavy atom. The van der Waals surface area contributed by atoms with E-state index in [1.165, 1.54) is 39.0 Å². The number of hydrogen-bond acceptors (Lipinski definition) is 5. The Morgan fingerprint density at radius 2 is 1.38 bits per heavy atom.